The highest BCUT2D eigenvalue weighted by atomic mass is 16.1. The molecule has 0 bridgehead atoms. The molecule has 0 saturated carbocycles. The maximum Gasteiger partial charge on any atom is 0.224 e. The van der Waals surface area contributed by atoms with Crippen molar-refractivity contribution in [3.8, 4) is 0 Å². The molecule has 0 aliphatic carbocycles. The van der Waals surface area contributed by atoms with Crippen molar-refractivity contribution in [1.82, 2.24) is 15.5 Å². The topological polar surface area (TPSA) is 44.4 Å². The molecule has 1 unspecified atom stereocenters. The Hall–Kier alpha value is -0.610. The minimum Gasteiger partial charge on any atom is -0.356 e. The molecule has 1 atom stereocenters. The smallest absolute Gasteiger partial charge is 0.224 e. The zero-order valence-corrected chi connectivity index (χ0v) is 11.4. The van der Waals surface area contributed by atoms with Crippen LogP contribution in [0.1, 0.15) is 38.5 Å². The van der Waals surface area contributed by atoms with E-state index in [1.165, 1.54) is 38.9 Å². The number of unbranched alkanes of at least 4 members (excludes halogenated alkanes) is 1. The van der Waals surface area contributed by atoms with Gasteiger partial charge in [-0.15, -0.1) is 0 Å². The molecular weight excluding hydrogens is 226 g/mol. The van der Waals surface area contributed by atoms with Crippen molar-refractivity contribution < 1.29 is 4.79 Å². The molecule has 1 amide bonds. The number of carbonyl (C=O) groups is 1. The maximum atomic E-state index is 11.9. The fourth-order valence-corrected chi connectivity index (χ4v) is 2.90. The van der Waals surface area contributed by atoms with Crippen LogP contribution in [0, 0.1) is 5.92 Å². The standard InChI is InChI=1S/C14H27N3O/c18-14(13-6-5-7-15-12-13)16-8-1-2-9-17-10-3-4-11-17/h13,15H,1-12H2,(H,16,18). The van der Waals surface area contributed by atoms with Crippen molar-refractivity contribution in [2.45, 2.75) is 38.5 Å². The molecule has 2 fully saturated rings. The summed E-state index contributed by atoms with van der Waals surface area (Å²) in [5.74, 6) is 0.459. The minimum absolute atomic E-state index is 0.206. The molecule has 104 valence electrons. The fourth-order valence-electron chi connectivity index (χ4n) is 2.90. The molecule has 0 radical (unpaired) electrons. The molecule has 2 aliphatic rings. The Morgan fingerprint density at radius 3 is 2.78 bits per heavy atom. The monoisotopic (exact) mass is 253 g/mol. The lowest BCUT2D eigenvalue weighted by Crippen LogP contribution is -2.40. The molecule has 2 N–H and O–H groups in total. The van der Waals surface area contributed by atoms with Crippen LogP contribution in [0.5, 0.6) is 0 Å². The number of amides is 1. The molecule has 2 heterocycles. The highest BCUT2D eigenvalue weighted by Gasteiger charge is 2.20. The molecule has 0 aromatic heterocycles. The number of nitrogens with one attached hydrogen (secondary N) is 2. The molecule has 0 spiro atoms. The first-order valence-electron chi connectivity index (χ1n) is 7.57. The fraction of sp³-hybridized carbons (Fsp3) is 0.929. The number of rotatable bonds is 6. The van der Waals surface area contributed by atoms with Crippen LogP contribution in [-0.4, -0.2) is 50.1 Å². The first kappa shape index (κ1) is 13.8. The predicted molar refractivity (Wildman–Crippen MR) is 73.5 cm³/mol. The van der Waals surface area contributed by atoms with Gasteiger partial charge in [-0.1, -0.05) is 0 Å². The van der Waals surface area contributed by atoms with E-state index >= 15 is 0 Å². The van der Waals surface area contributed by atoms with Crippen molar-refractivity contribution in [2.24, 2.45) is 5.92 Å². The predicted octanol–water partition coefficient (Wildman–Crippen LogP) is 0.978. The van der Waals surface area contributed by atoms with Crippen LogP contribution in [0.2, 0.25) is 0 Å². The Morgan fingerprint density at radius 1 is 1.22 bits per heavy atom. The first-order valence-corrected chi connectivity index (χ1v) is 7.57. The van der Waals surface area contributed by atoms with Gasteiger partial charge >= 0.3 is 0 Å². The number of carbonyl (C=O) groups excluding carboxylic acids is 1. The molecular formula is C14H27N3O. The summed E-state index contributed by atoms with van der Waals surface area (Å²) in [7, 11) is 0. The van der Waals surface area contributed by atoms with Gasteiger partial charge in [-0.2, -0.15) is 0 Å². The maximum absolute atomic E-state index is 11.9. The summed E-state index contributed by atoms with van der Waals surface area (Å²) >= 11 is 0. The van der Waals surface area contributed by atoms with Crippen LogP contribution in [-0.2, 0) is 4.79 Å². The molecule has 0 aromatic rings. The van der Waals surface area contributed by atoms with Crippen LogP contribution in [0.3, 0.4) is 0 Å². The second kappa shape index (κ2) is 7.74. The average molecular weight is 253 g/mol. The van der Waals surface area contributed by atoms with Crippen molar-refractivity contribution in [1.29, 1.82) is 0 Å². The lowest BCUT2D eigenvalue weighted by molar-refractivity contribution is -0.125. The van der Waals surface area contributed by atoms with Gasteiger partial charge in [-0.05, 0) is 64.7 Å². The van der Waals surface area contributed by atoms with Gasteiger partial charge < -0.3 is 15.5 Å². The molecule has 4 nitrogen and oxygen atoms in total. The van der Waals surface area contributed by atoms with Crippen molar-refractivity contribution in [3.05, 3.63) is 0 Å². The highest BCUT2D eigenvalue weighted by molar-refractivity contribution is 5.78. The van der Waals surface area contributed by atoms with Gasteiger partial charge in [0.15, 0.2) is 0 Å². The molecule has 4 heteroatoms. The second-order valence-corrected chi connectivity index (χ2v) is 5.59. The Balaban J connectivity index is 1.48. The third-order valence-corrected chi connectivity index (χ3v) is 4.07. The number of hydrogen-bond donors (Lipinski definition) is 2. The molecule has 18 heavy (non-hydrogen) atoms. The summed E-state index contributed by atoms with van der Waals surface area (Å²) in [6.07, 6.45) is 7.24. The van der Waals surface area contributed by atoms with Crippen LogP contribution >= 0.6 is 0 Å². The van der Waals surface area contributed by atoms with Crippen molar-refractivity contribution >= 4 is 5.91 Å². The lowest BCUT2D eigenvalue weighted by Gasteiger charge is -2.22. The Kier molecular flexibility index (Phi) is 5.94. The SMILES string of the molecule is O=C(NCCCCN1CCCC1)C1CCCNC1. The summed E-state index contributed by atoms with van der Waals surface area (Å²) in [4.78, 5) is 14.4. The molecule has 2 rings (SSSR count). The van der Waals surface area contributed by atoms with Crippen LogP contribution in [0.15, 0.2) is 0 Å². The third kappa shape index (κ3) is 4.58. The summed E-state index contributed by atoms with van der Waals surface area (Å²) < 4.78 is 0. The van der Waals surface area contributed by atoms with Gasteiger partial charge in [0.25, 0.3) is 0 Å². The Labute approximate surface area is 110 Å². The first-order chi connectivity index (χ1) is 8.86. The van der Waals surface area contributed by atoms with E-state index in [0.717, 1.165) is 38.9 Å². The summed E-state index contributed by atoms with van der Waals surface area (Å²) in [6.45, 7) is 6.55. The quantitative estimate of drug-likeness (QED) is 0.694. The number of nitrogens with zero attached hydrogens (tertiary/aromatic N) is 1. The summed E-state index contributed by atoms with van der Waals surface area (Å²) in [6, 6.07) is 0. The van der Waals surface area contributed by atoms with Crippen LogP contribution < -0.4 is 10.6 Å². The van der Waals surface area contributed by atoms with E-state index in [2.05, 4.69) is 15.5 Å². The zero-order chi connectivity index (χ0) is 12.6. The second-order valence-electron chi connectivity index (χ2n) is 5.59. The van der Waals surface area contributed by atoms with Crippen molar-refractivity contribution in [3.63, 3.8) is 0 Å². The largest absolute Gasteiger partial charge is 0.356 e. The van der Waals surface area contributed by atoms with E-state index in [-0.39, 0.29) is 11.8 Å². The van der Waals surface area contributed by atoms with Gasteiger partial charge in [-0.25, -0.2) is 0 Å². The Morgan fingerprint density at radius 2 is 2.06 bits per heavy atom. The molecule has 0 aromatic carbocycles. The summed E-state index contributed by atoms with van der Waals surface area (Å²) in [5, 5.41) is 6.37. The van der Waals surface area contributed by atoms with Gasteiger partial charge in [0, 0.05) is 13.1 Å². The van der Waals surface area contributed by atoms with Gasteiger partial charge in [0.1, 0.15) is 0 Å². The average Bonchev–Trinajstić information content (AvgIpc) is 2.92. The number of hydrogen-bond acceptors (Lipinski definition) is 3. The van der Waals surface area contributed by atoms with Crippen LogP contribution in [0.25, 0.3) is 0 Å². The van der Waals surface area contributed by atoms with E-state index in [0.29, 0.717) is 0 Å². The van der Waals surface area contributed by atoms with Crippen molar-refractivity contribution in [2.75, 3.05) is 39.3 Å². The number of likely N-dealkylation sites (tertiary alicyclic amines) is 1. The third-order valence-electron chi connectivity index (χ3n) is 4.07. The van der Waals surface area contributed by atoms with Gasteiger partial charge in [0.05, 0.1) is 5.92 Å². The van der Waals surface area contributed by atoms with E-state index in [1.54, 1.807) is 0 Å². The van der Waals surface area contributed by atoms with E-state index in [4.69, 9.17) is 0 Å². The minimum atomic E-state index is 0.206. The lowest BCUT2D eigenvalue weighted by atomic mass is 9.99. The normalized spacial score (nSPS) is 25.2. The highest BCUT2D eigenvalue weighted by Crippen LogP contribution is 2.10. The Bertz CT molecular complexity index is 245. The van der Waals surface area contributed by atoms with E-state index in [9.17, 15) is 4.79 Å². The molecule has 2 aliphatic heterocycles. The summed E-state index contributed by atoms with van der Waals surface area (Å²) in [5.41, 5.74) is 0. The molecule has 2 saturated heterocycles. The van der Waals surface area contributed by atoms with Gasteiger partial charge in [-0.3, -0.25) is 4.79 Å². The zero-order valence-electron chi connectivity index (χ0n) is 11.4. The van der Waals surface area contributed by atoms with Gasteiger partial charge in [0.2, 0.25) is 5.91 Å². The van der Waals surface area contributed by atoms with E-state index < -0.39 is 0 Å². The number of piperidine rings is 1. The van der Waals surface area contributed by atoms with E-state index in [1.807, 2.05) is 0 Å². The van der Waals surface area contributed by atoms with Crippen LogP contribution in [0.4, 0.5) is 0 Å².